The van der Waals surface area contributed by atoms with Crippen LogP contribution in [-0.4, -0.2) is 20.5 Å². The fourth-order valence-electron chi connectivity index (χ4n) is 2.08. The Balaban J connectivity index is 1.88. The summed E-state index contributed by atoms with van der Waals surface area (Å²) in [5.41, 5.74) is 1.93. The average Bonchev–Trinajstić information content (AvgIpc) is 3.10. The molecular weight excluding hydrogens is 317 g/mol. The van der Waals surface area contributed by atoms with Crippen LogP contribution in [0.5, 0.6) is 0 Å². The second-order valence-electron chi connectivity index (χ2n) is 4.73. The first kappa shape index (κ1) is 15.1. The molecule has 0 atom stereocenters. The topological polar surface area (TPSA) is 47.8 Å². The van der Waals surface area contributed by atoms with Crippen molar-refractivity contribution in [3.05, 3.63) is 83.2 Å². The summed E-state index contributed by atoms with van der Waals surface area (Å²) in [6.07, 6.45) is 6.11. The summed E-state index contributed by atoms with van der Waals surface area (Å²) in [6.45, 7) is 0. The van der Waals surface area contributed by atoms with Crippen molar-refractivity contribution in [2.45, 2.75) is 0 Å². The van der Waals surface area contributed by atoms with Crippen molar-refractivity contribution >= 4 is 23.5 Å². The Hall–Kier alpha value is -2.79. The van der Waals surface area contributed by atoms with Gasteiger partial charge in [-0.05, 0) is 36.4 Å². The first-order chi connectivity index (χ1) is 11.1. The van der Waals surface area contributed by atoms with Gasteiger partial charge in [0, 0.05) is 11.1 Å². The molecule has 3 rings (SSSR count). The standard InChI is InChI=1S/C17H11ClFN3O/c18-14-9-13(5-7-15(14)19)17(23)8-6-12-3-1-2-4-16(12)22-11-20-10-21-22/h1-11H. The Morgan fingerprint density at radius 3 is 2.78 bits per heavy atom. The lowest BCUT2D eigenvalue weighted by atomic mass is 10.1. The minimum absolute atomic E-state index is 0.0766. The fourth-order valence-corrected chi connectivity index (χ4v) is 2.26. The van der Waals surface area contributed by atoms with E-state index in [1.807, 2.05) is 24.3 Å². The lowest BCUT2D eigenvalue weighted by molar-refractivity contribution is 0.104. The molecule has 1 aromatic heterocycles. The number of carbonyl (C=O) groups excluding carboxylic acids is 1. The molecule has 0 saturated carbocycles. The zero-order valence-corrected chi connectivity index (χ0v) is 12.6. The molecule has 0 aliphatic rings. The Morgan fingerprint density at radius 1 is 1.22 bits per heavy atom. The van der Waals surface area contributed by atoms with Crippen LogP contribution in [0.4, 0.5) is 4.39 Å². The Kier molecular flexibility index (Phi) is 4.30. The van der Waals surface area contributed by atoms with Crippen LogP contribution in [-0.2, 0) is 0 Å². The van der Waals surface area contributed by atoms with E-state index in [2.05, 4.69) is 10.1 Å². The molecule has 6 heteroatoms. The first-order valence-corrected chi connectivity index (χ1v) is 7.14. The third kappa shape index (κ3) is 3.35. The van der Waals surface area contributed by atoms with Gasteiger partial charge in [0.2, 0.25) is 0 Å². The molecule has 23 heavy (non-hydrogen) atoms. The number of hydrogen-bond acceptors (Lipinski definition) is 3. The molecule has 1 heterocycles. The third-order valence-electron chi connectivity index (χ3n) is 3.22. The molecule has 4 nitrogen and oxygen atoms in total. The summed E-state index contributed by atoms with van der Waals surface area (Å²) < 4.78 is 14.8. The van der Waals surface area contributed by atoms with E-state index >= 15 is 0 Å². The number of carbonyl (C=O) groups is 1. The van der Waals surface area contributed by atoms with Crippen molar-refractivity contribution in [3.8, 4) is 5.69 Å². The van der Waals surface area contributed by atoms with Crippen molar-refractivity contribution < 1.29 is 9.18 Å². The maximum atomic E-state index is 13.1. The van der Waals surface area contributed by atoms with Crippen LogP contribution in [0.2, 0.25) is 5.02 Å². The highest BCUT2D eigenvalue weighted by Crippen LogP contribution is 2.18. The van der Waals surface area contributed by atoms with Gasteiger partial charge in [0.05, 0.1) is 10.7 Å². The van der Waals surface area contributed by atoms with E-state index in [9.17, 15) is 9.18 Å². The fraction of sp³-hybridized carbons (Fsp3) is 0. The van der Waals surface area contributed by atoms with Crippen molar-refractivity contribution in [1.82, 2.24) is 14.8 Å². The summed E-state index contributed by atoms with van der Waals surface area (Å²) in [5.74, 6) is -0.816. The molecule has 0 spiro atoms. The van der Waals surface area contributed by atoms with Gasteiger partial charge >= 0.3 is 0 Å². The average molecular weight is 328 g/mol. The molecule has 0 aliphatic carbocycles. The molecule has 114 valence electrons. The van der Waals surface area contributed by atoms with Crippen LogP contribution in [0.3, 0.4) is 0 Å². The SMILES string of the molecule is O=C(C=Cc1ccccc1-n1cncn1)c1ccc(F)c(Cl)c1. The number of hydrogen-bond donors (Lipinski definition) is 0. The van der Waals surface area contributed by atoms with Gasteiger partial charge in [-0.25, -0.2) is 14.1 Å². The Labute approximate surface area is 136 Å². The molecule has 0 unspecified atom stereocenters. The number of allylic oxidation sites excluding steroid dienone is 1. The zero-order chi connectivity index (χ0) is 16.2. The van der Waals surface area contributed by atoms with E-state index < -0.39 is 5.82 Å². The molecular formula is C17H11ClFN3O. The van der Waals surface area contributed by atoms with Gasteiger partial charge in [0.25, 0.3) is 0 Å². The molecule has 0 aliphatic heterocycles. The van der Waals surface area contributed by atoms with Crippen LogP contribution in [0.15, 0.2) is 61.2 Å². The van der Waals surface area contributed by atoms with Crippen molar-refractivity contribution in [2.75, 3.05) is 0 Å². The molecule has 2 aromatic carbocycles. The number of para-hydroxylation sites is 1. The number of halogens is 2. The van der Waals surface area contributed by atoms with Gasteiger partial charge < -0.3 is 0 Å². The van der Waals surface area contributed by atoms with Crippen LogP contribution < -0.4 is 0 Å². The highest BCUT2D eigenvalue weighted by Gasteiger charge is 2.07. The minimum Gasteiger partial charge on any atom is -0.289 e. The van der Waals surface area contributed by atoms with Gasteiger partial charge in [-0.2, -0.15) is 5.10 Å². The molecule has 0 saturated heterocycles. The van der Waals surface area contributed by atoms with Crippen molar-refractivity contribution in [2.24, 2.45) is 0 Å². The lowest BCUT2D eigenvalue weighted by Crippen LogP contribution is -1.98. The smallest absolute Gasteiger partial charge is 0.185 e. The number of rotatable bonds is 4. The summed E-state index contributed by atoms with van der Waals surface area (Å²) in [7, 11) is 0. The second-order valence-corrected chi connectivity index (χ2v) is 5.13. The second kappa shape index (κ2) is 6.54. The third-order valence-corrected chi connectivity index (χ3v) is 3.51. The number of ketones is 1. The monoisotopic (exact) mass is 327 g/mol. The van der Waals surface area contributed by atoms with Gasteiger partial charge in [0.1, 0.15) is 18.5 Å². The number of benzene rings is 2. The lowest BCUT2D eigenvalue weighted by Gasteiger charge is -2.04. The van der Waals surface area contributed by atoms with E-state index in [0.29, 0.717) is 5.56 Å². The van der Waals surface area contributed by atoms with Gasteiger partial charge in [-0.1, -0.05) is 29.8 Å². The largest absolute Gasteiger partial charge is 0.289 e. The van der Waals surface area contributed by atoms with Gasteiger partial charge in [-0.3, -0.25) is 4.79 Å². The summed E-state index contributed by atoms with van der Waals surface area (Å²) in [5, 5.41) is 4.00. The van der Waals surface area contributed by atoms with E-state index in [1.54, 1.807) is 17.1 Å². The van der Waals surface area contributed by atoms with E-state index in [4.69, 9.17) is 11.6 Å². The Bertz CT molecular complexity index is 875. The van der Waals surface area contributed by atoms with Crippen LogP contribution >= 0.6 is 11.6 Å². The quantitative estimate of drug-likeness (QED) is 0.538. The van der Waals surface area contributed by atoms with E-state index in [0.717, 1.165) is 11.3 Å². The minimum atomic E-state index is -0.552. The van der Waals surface area contributed by atoms with Crippen LogP contribution in [0.25, 0.3) is 11.8 Å². The van der Waals surface area contributed by atoms with Crippen molar-refractivity contribution in [3.63, 3.8) is 0 Å². The van der Waals surface area contributed by atoms with E-state index in [1.165, 1.54) is 30.6 Å². The first-order valence-electron chi connectivity index (χ1n) is 6.76. The zero-order valence-electron chi connectivity index (χ0n) is 11.9. The maximum absolute atomic E-state index is 13.1. The summed E-state index contributed by atoms with van der Waals surface area (Å²) >= 11 is 5.70. The Morgan fingerprint density at radius 2 is 2.04 bits per heavy atom. The number of aromatic nitrogens is 3. The summed E-state index contributed by atoms with van der Waals surface area (Å²) in [6, 6.07) is 11.3. The molecule has 0 N–H and O–H groups in total. The highest BCUT2D eigenvalue weighted by atomic mass is 35.5. The van der Waals surface area contributed by atoms with Crippen LogP contribution in [0, 0.1) is 5.82 Å². The molecule has 0 amide bonds. The number of nitrogens with zero attached hydrogens (tertiary/aromatic N) is 3. The van der Waals surface area contributed by atoms with E-state index in [-0.39, 0.29) is 10.8 Å². The maximum Gasteiger partial charge on any atom is 0.185 e. The van der Waals surface area contributed by atoms with Crippen LogP contribution in [0.1, 0.15) is 15.9 Å². The van der Waals surface area contributed by atoms with Gasteiger partial charge in [-0.15, -0.1) is 0 Å². The van der Waals surface area contributed by atoms with Gasteiger partial charge in [0.15, 0.2) is 5.78 Å². The normalized spacial score (nSPS) is 11.0. The predicted octanol–water partition coefficient (Wildman–Crippen LogP) is 3.96. The molecule has 0 fully saturated rings. The predicted molar refractivity (Wildman–Crippen MR) is 86.1 cm³/mol. The molecule has 0 bridgehead atoms. The van der Waals surface area contributed by atoms with Crippen molar-refractivity contribution in [1.29, 1.82) is 0 Å². The highest BCUT2D eigenvalue weighted by molar-refractivity contribution is 6.31. The molecule has 0 radical (unpaired) electrons. The molecule has 3 aromatic rings. The summed E-state index contributed by atoms with van der Waals surface area (Å²) in [4.78, 5) is 16.1.